The molecule has 0 bridgehead atoms. The van der Waals surface area contributed by atoms with Crippen molar-refractivity contribution in [2.24, 2.45) is 0 Å². The summed E-state index contributed by atoms with van der Waals surface area (Å²) in [4.78, 5) is 18.5. The Bertz CT molecular complexity index is 1020. The molecule has 4 aromatic heterocycles. The predicted octanol–water partition coefficient (Wildman–Crippen LogP) is 3.62. The first kappa shape index (κ1) is 17.0. The number of hydrogen-bond acceptors (Lipinski definition) is 5. The fraction of sp³-hybridized carbons (Fsp3) is 0.190. The molecule has 0 atom stereocenters. The van der Waals surface area contributed by atoms with Crippen molar-refractivity contribution in [1.82, 2.24) is 19.9 Å². The molecule has 0 radical (unpaired) electrons. The van der Waals surface area contributed by atoms with Crippen molar-refractivity contribution in [3.63, 3.8) is 0 Å². The van der Waals surface area contributed by atoms with Gasteiger partial charge in [-0.3, -0.25) is 0 Å². The molecule has 4 aromatic rings. The minimum Gasteiger partial charge on any atom is -0.366 e. The number of fused-ring (bicyclic) bond motifs is 1. The summed E-state index contributed by atoms with van der Waals surface area (Å²) in [6, 6.07) is 12.3. The molecule has 4 rings (SSSR count). The Balaban J connectivity index is 1.38. The van der Waals surface area contributed by atoms with E-state index in [1.54, 1.807) is 6.20 Å². The van der Waals surface area contributed by atoms with E-state index in [9.17, 15) is 0 Å². The lowest BCUT2D eigenvalue weighted by molar-refractivity contribution is 1.03. The zero-order valence-electron chi connectivity index (χ0n) is 15.5. The van der Waals surface area contributed by atoms with Crippen LogP contribution in [0.4, 0.5) is 11.6 Å². The number of rotatable bonds is 6. The molecule has 4 heterocycles. The largest absolute Gasteiger partial charge is 0.366 e. The average molecular weight is 358 g/mol. The topological polar surface area (TPSA) is 69.7 Å². The lowest BCUT2D eigenvalue weighted by Gasteiger charge is -2.11. The van der Waals surface area contributed by atoms with Crippen molar-refractivity contribution >= 4 is 22.7 Å². The molecule has 0 fully saturated rings. The van der Waals surface area contributed by atoms with E-state index in [0.717, 1.165) is 34.7 Å². The van der Waals surface area contributed by atoms with Crippen LogP contribution in [0.5, 0.6) is 0 Å². The van der Waals surface area contributed by atoms with Crippen LogP contribution in [0, 0.1) is 0 Å². The van der Waals surface area contributed by atoms with Gasteiger partial charge in [0.2, 0.25) is 0 Å². The van der Waals surface area contributed by atoms with E-state index in [4.69, 9.17) is 0 Å². The van der Waals surface area contributed by atoms with Gasteiger partial charge in [-0.05, 0) is 41.0 Å². The Morgan fingerprint density at radius 3 is 2.56 bits per heavy atom. The first-order valence-corrected chi connectivity index (χ1v) is 8.91. The van der Waals surface area contributed by atoms with Crippen LogP contribution in [0.2, 0.25) is 0 Å². The van der Waals surface area contributed by atoms with Crippen molar-refractivity contribution < 1.29 is 0 Å². The van der Waals surface area contributed by atoms with Crippen LogP contribution in [0.25, 0.3) is 11.0 Å². The molecule has 0 unspecified atom stereocenters. The fourth-order valence-electron chi connectivity index (χ4n) is 2.99. The highest BCUT2D eigenvalue weighted by Crippen LogP contribution is 2.19. The minimum absolute atomic E-state index is 0.696. The Hall–Kier alpha value is -3.41. The predicted molar refractivity (Wildman–Crippen MR) is 109 cm³/mol. The van der Waals surface area contributed by atoms with Crippen LogP contribution in [0.15, 0.2) is 61.2 Å². The highest BCUT2D eigenvalue weighted by Gasteiger charge is 2.05. The van der Waals surface area contributed by atoms with Gasteiger partial charge in [-0.25, -0.2) is 15.0 Å². The summed E-state index contributed by atoms with van der Waals surface area (Å²) in [5.41, 5.74) is 4.44. The van der Waals surface area contributed by atoms with Crippen molar-refractivity contribution in [3.8, 4) is 0 Å². The van der Waals surface area contributed by atoms with Gasteiger partial charge in [-0.2, -0.15) is 0 Å². The lowest BCUT2D eigenvalue weighted by atomic mass is 10.1. The zero-order chi connectivity index (χ0) is 18.6. The van der Waals surface area contributed by atoms with Gasteiger partial charge >= 0.3 is 0 Å². The lowest BCUT2D eigenvalue weighted by Crippen LogP contribution is -2.10. The molecule has 0 aliphatic carbocycles. The summed E-state index contributed by atoms with van der Waals surface area (Å²) in [5, 5.41) is 4.50. The van der Waals surface area contributed by atoms with Crippen LogP contribution in [-0.4, -0.2) is 34.0 Å². The standard InChI is InChI=1S/C21H22N6/c1-27(2)20-8-6-16(13-25-20)12-24-19-7-5-15(11-23-19)10-17-14-26-21-18(17)4-3-9-22-21/h3-9,11,13-14H,10,12H2,1-2H3,(H,22,26)(H,23,24). The second-order valence-electron chi connectivity index (χ2n) is 6.71. The SMILES string of the molecule is CN(C)c1ccc(CNc2ccc(Cc3c[nH]c4ncccc34)cn2)cn1. The molecular weight excluding hydrogens is 336 g/mol. The van der Waals surface area contributed by atoms with E-state index in [1.165, 1.54) is 11.1 Å². The van der Waals surface area contributed by atoms with Crippen LogP contribution < -0.4 is 10.2 Å². The molecule has 0 aromatic carbocycles. The fourth-order valence-corrected chi connectivity index (χ4v) is 2.99. The number of aromatic amines is 1. The van der Waals surface area contributed by atoms with Crippen molar-refractivity contribution in [3.05, 3.63) is 77.9 Å². The molecule has 0 aliphatic heterocycles. The maximum Gasteiger partial charge on any atom is 0.137 e. The third-order valence-corrected chi connectivity index (χ3v) is 4.50. The van der Waals surface area contributed by atoms with Crippen molar-refractivity contribution in [2.75, 3.05) is 24.3 Å². The summed E-state index contributed by atoms with van der Waals surface area (Å²) in [5.74, 6) is 1.81. The van der Waals surface area contributed by atoms with Gasteiger partial charge in [-0.1, -0.05) is 12.1 Å². The molecule has 6 nitrogen and oxygen atoms in total. The number of nitrogens with one attached hydrogen (secondary N) is 2. The Kier molecular flexibility index (Phi) is 4.70. The first-order valence-electron chi connectivity index (χ1n) is 8.91. The van der Waals surface area contributed by atoms with Gasteiger partial charge in [-0.15, -0.1) is 0 Å². The normalized spacial score (nSPS) is 10.9. The van der Waals surface area contributed by atoms with Crippen LogP contribution in [0.3, 0.4) is 0 Å². The third kappa shape index (κ3) is 3.89. The van der Waals surface area contributed by atoms with Crippen LogP contribution >= 0.6 is 0 Å². The zero-order valence-corrected chi connectivity index (χ0v) is 15.5. The monoisotopic (exact) mass is 358 g/mol. The van der Waals surface area contributed by atoms with Gasteiger partial charge in [0.1, 0.15) is 17.3 Å². The number of nitrogens with zero attached hydrogens (tertiary/aromatic N) is 4. The number of hydrogen-bond donors (Lipinski definition) is 2. The van der Waals surface area contributed by atoms with E-state index in [0.29, 0.717) is 6.54 Å². The second kappa shape index (κ2) is 7.45. The van der Waals surface area contributed by atoms with Crippen LogP contribution in [0.1, 0.15) is 16.7 Å². The number of anilines is 2. The minimum atomic E-state index is 0.696. The molecule has 0 spiro atoms. The summed E-state index contributed by atoms with van der Waals surface area (Å²) >= 11 is 0. The van der Waals surface area contributed by atoms with Gasteiger partial charge in [0.15, 0.2) is 0 Å². The Labute approximate surface area is 158 Å². The highest BCUT2D eigenvalue weighted by molar-refractivity contribution is 5.79. The first-order chi connectivity index (χ1) is 13.2. The summed E-state index contributed by atoms with van der Waals surface area (Å²) < 4.78 is 0. The van der Waals surface area contributed by atoms with E-state index >= 15 is 0 Å². The summed E-state index contributed by atoms with van der Waals surface area (Å²) in [6.45, 7) is 0.696. The second-order valence-corrected chi connectivity index (χ2v) is 6.71. The molecule has 0 amide bonds. The highest BCUT2D eigenvalue weighted by atomic mass is 15.1. The molecule has 2 N–H and O–H groups in total. The van der Waals surface area contributed by atoms with E-state index < -0.39 is 0 Å². The molecule has 0 aliphatic rings. The Morgan fingerprint density at radius 1 is 0.963 bits per heavy atom. The molecule has 0 saturated heterocycles. The average Bonchev–Trinajstić information content (AvgIpc) is 3.11. The quantitative estimate of drug-likeness (QED) is 0.551. The maximum absolute atomic E-state index is 4.53. The van der Waals surface area contributed by atoms with Crippen molar-refractivity contribution in [1.29, 1.82) is 0 Å². The molecule has 27 heavy (non-hydrogen) atoms. The van der Waals surface area contributed by atoms with E-state index in [1.807, 2.05) is 55.8 Å². The summed E-state index contributed by atoms with van der Waals surface area (Å²) in [7, 11) is 3.97. The van der Waals surface area contributed by atoms with Crippen LogP contribution in [-0.2, 0) is 13.0 Å². The third-order valence-electron chi connectivity index (χ3n) is 4.50. The molecule has 0 saturated carbocycles. The number of pyridine rings is 3. The van der Waals surface area contributed by atoms with Gasteiger partial charge in [0, 0.05) is 57.2 Å². The number of aromatic nitrogens is 4. The molecule has 136 valence electrons. The van der Waals surface area contributed by atoms with Gasteiger partial charge in [0.05, 0.1) is 0 Å². The number of H-pyrrole nitrogens is 1. The molecular formula is C21H22N6. The van der Waals surface area contributed by atoms with E-state index in [2.05, 4.69) is 43.5 Å². The van der Waals surface area contributed by atoms with E-state index in [-0.39, 0.29) is 0 Å². The molecule has 6 heteroatoms. The van der Waals surface area contributed by atoms with Gasteiger partial charge < -0.3 is 15.2 Å². The Morgan fingerprint density at radius 2 is 1.81 bits per heavy atom. The smallest absolute Gasteiger partial charge is 0.137 e. The van der Waals surface area contributed by atoms with Crippen molar-refractivity contribution in [2.45, 2.75) is 13.0 Å². The summed E-state index contributed by atoms with van der Waals surface area (Å²) in [6.07, 6.45) is 8.46. The maximum atomic E-state index is 4.53. The van der Waals surface area contributed by atoms with Gasteiger partial charge in [0.25, 0.3) is 0 Å².